The smallest absolute Gasteiger partial charge is 0.191 e. The molecule has 1 aromatic carbocycles. The summed E-state index contributed by atoms with van der Waals surface area (Å²) in [5, 5.41) is 10.1. The minimum absolute atomic E-state index is 0.600. The highest BCUT2D eigenvalue weighted by Gasteiger charge is 2.08. The molecule has 0 aliphatic carbocycles. The topological polar surface area (TPSA) is 52.6 Å². The molecule has 3 aromatic rings. The lowest BCUT2D eigenvalue weighted by Crippen LogP contribution is -2.36. The summed E-state index contributed by atoms with van der Waals surface area (Å²) in [6.07, 6.45) is 0. The fourth-order valence-corrected chi connectivity index (χ4v) is 3.69. The number of para-hydroxylation sites is 1. The first-order chi connectivity index (χ1) is 13.1. The second-order valence-electron chi connectivity index (χ2n) is 6.63. The Morgan fingerprint density at radius 2 is 2.00 bits per heavy atom. The lowest BCUT2D eigenvalue weighted by molar-refractivity contribution is 0.821. The second kappa shape index (κ2) is 8.86. The van der Waals surface area contributed by atoms with Gasteiger partial charge >= 0.3 is 0 Å². The van der Waals surface area contributed by atoms with Crippen molar-refractivity contribution in [2.75, 3.05) is 25.5 Å². The molecule has 0 spiro atoms. The second-order valence-corrected chi connectivity index (χ2v) is 7.63. The van der Waals surface area contributed by atoms with Crippen molar-refractivity contribution in [1.29, 1.82) is 0 Å². The van der Waals surface area contributed by atoms with Gasteiger partial charge in [-0.25, -0.2) is 9.98 Å². The monoisotopic (exact) mass is 381 g/mol. The molecule has 2 heterocycles. The zero-order chi connectivity index (χ0) is 19.2. The van der Waals surface area contributed by atoms with Crippen molar-refractivity contribution in [3.8, 4) is 0 Å². The van der Waals surface area contributed by atoms with Crippen LogP contribution in [-0.4, -0.2) is 31.6 Å². The molecule has 2 aromatic heterocycles. The van der Waals surface area contributed by atoms with E-state index in [-0.39, 0.29) is 0 Å². The Hall–Kier alpha value is -2.60. The van der Waals surface area contributed by atoms with Gasteiger partial charge in [0.2, 0.25) is 0 Å². The molecule has 5 nitrogen and oxygen atoms in total. The van der Waals surface area contributed by atoms with Gasteiger partial charge in [-0.2, -0.15) is 0 Å². The Morgan fingerprint density at radius 3 is 2.70 bits per heavy atom. The van der Waals surface area contributed by atoms with Gasteiger partial charge in [0.1, 0.15) is 5.82 Å². The highest BCUT2D eigenvalue weighted by molar-refractivity contribution is 7.10. The number of pyridine rings is 1. The Kier molecular flexibility index (Phi) is 6.29. The van der Waals surface area contributed by atoms with Crippen LogP contribution in [0.15, 0.2) is 46.8 Å². The number of aromatic nitrogens is 1. The molecular formula is C21H27N5S. The van der Waals surface area contributed by atoms with Crippen LogP contribution in [0.1, 0.15) is 22.9 Å². The van der Waals surface area contributed by atoms with Crippen molar-refractivity contribution < 1.29 is 0 Å². The molecule has 142 valence electrons. The van der Waals surface area contributed by atoms with Gasteiger partial charge in [0.15, 0.2) is 5.96 Å². The van der Waals surface area contributed by atoms with E-state index in [1.807, 2.05) is 25.1 Å². The van der Waals surface area contributed by atoms with E-state index in [1.165, 1.54) is 16.0 Å². The van der Waals surface area contributed by atoms with E-state index in [0.29, 0.717) is 6.54 Å². The maximum Gasteiger partial charge on any atom is 0.191 e. The maximum absolute atomic E-state index is 4.82. The number of hydrogen-bond donors (Lipinski definition) is 2. The molecule has 0 aliphatic heterocycles. The summed E-state index contributed by atoms with van der Waals surface area (Å²) in [7, 11) is 4.03. The van der Waals surface area contributed by atoms with Gasteiger partial charge < -0.3 is 15.5 Å². The van der Waals surface area contributed by atoms with E-state index >= 15 is 0 Å². The summed E-state index contributed by atoms with van der Waals surface area (Å²) in [6, 6.07) is 12.5. The number of aryl methyl sites for hydroxylation is 1. The SMILES string of the molecule is CCNC(=NCc1cc(N(C)C)nc2ccccc12)NCc1sccc1C. The van der Waals surface area contributed by atoms with E-state index in [2.05, 4.69) is 60.2 Å². The summed E-state index contributed by atoms with van der Waals surface area (Å²) >= 11 is 1.77. The first-order valence-corrected chi connectivity index (χ1v) is 10.1. The summed E-state index contributed by atoms with van der Waals surface area (Å²) < 4.78 is 0. The fourth-order valence-electron chi connectivity index (χ4n) is 2.85. The highest BCUT2D eigenvalue weighted by atomic mass is 32.1. The van der Waals surface area contributed by atoms with Gasteiger partial charge in [-0.05, 0) is 48.6 Å². The first-order valence-electron chi connectivity index (χ1n) is 9.19. The summed E-state index contributed by atoms with van der Waals surface area (Å²) in [6.45, 7) is 6.44. The number of aliphatic imine (C=N–C) groups is 1. The van der Waals surface area contributed by atoms with Crippen LogP contribution in [0, 0.1) is 6.92 Å². The van der Waals surface area contributed by atoms with Crippen molar-refractivity contribution in [3.05, 3.63) is 57.8 Å². The number of rotatable bonds is 6. The van der Waals surface area contributed by atoms with Crippen LogP contribution >= 0.6 is 11.3 Å². The van der Waals surface area contributed by atoms with Crippen molar-refractivity contribution in [3.63, 3.8) is 0 Å². The van der Waals surface area contributed by atoms with E-state index < -0.39 is 0 Å². The third-order valence-electron chi connectivity index (χ3n) is 4.38. The molecule has 0 unspecified atom stereocenters. The fraction of sp³-hybridized carbons (Fsp3) is 0.333. The molecule has 0 amide bonds. The average molecular weight is 382 g/mol. The molecule has 0 bridgehead atoms. The average Bonchev–Trinajstić information content (AvgIpc) is 3.08. The van der Waals surface area contributed by atoms with E-state index in [4.69, 9.17) is 9.98 Å². The summed E-state index contributed by atoms with van der Waals surface area (Å²) in [5.74, 6) is 1.78. The van der Waals surface area contributed by atoms with Crippen molar-refractivity contribution in [1.82, 2.24) is 15.6 Å². The largest absolute Gasteiger partial charge is 0.363 e. The predicted molar refractivity (Wildman–Crippen MR) is 117 cm³/mol. The number of benzene rings is 1. The number of guanidine groups is 1. The lowest BCUT2D eigenvalue weighted by Gasteiger charge is -2.15. The molecule has 6 heteroatoms. The van der Waals surface area contributed by atoms with Crippen LogP contribution in [-0.2, 0) is 13.1 Å². The molecule has 27 heavy (non-hydrogen) atoms. The third-order valence-corrected chi connectivity index (χ3v) is 5.41. The number of nitrogens with zero attached hydrogens (tertiary/aromatic N) is 3. The van der Waals surface area contributed by atoms with Crippen LogP contribution in [0.2, 0.25) is 0 Å². The minimum atomic E-state index is 0.600. The number of fused-ring (bicyclic) bond motifs is 1. The first kappa shape index (κ1) is 19.2. The molecule has 0 saturated heterocycles. The molecule has 0 saturated carbocycles. The quantitative estimate of drug-likeness (QED) is 0.502. The van der Waals surface area contributed by atoms with Crippen molar-refractivity contribution in [2.45, 2.75) is 26.9 Å². The molecule has 0 aliphatic rings. The van der Waals surface area contributed by atoms with Crippen LogP contribution in [0.5, 0.6) is 0 Å². The van der Waals surface area contributed by atoms with Gasteiger partial charge in [0.25, 0.3) is 0 Å². The Morgan fingerprint density at radius 1 is 1.19 bits per heavy atom. The molecular weight excluding hydrogens is 354 g/mol. The minimum Gasteiger partial charge on any atom is -0.363 e. The molecule has 0 fully saturated rings. The van der Waals surface area contributed by atoms with Crippen LogP contribution in [0.4, 0.5) is 5.82 Å². The van der Waals surface area contributed by atoms with Gasteiger partial charge in [0, 0.05) is 30.9 Å². The van der Waals surface area contributed by atoms with Crippen molar-refractivity contribution >= 4 is 34.0 Å². The summed E-state index contributed by atoms with van der Waals surface area (Å²) in [5.41, 5.74) is 3.49. The number of hydrogen-bond acceptors (Lipinski definition) is 4. The predicted octanol–water partition coefficient (Wildman–Crippen LogP) is 3.93. The van der Waals surface area contributed by atoms with Gasteiger partial charge in [-0.1, -0.05) is 18.2 Å². The van der Waals surface area contributed by atoms with Gasteiger partial charge in [0.05, 0.1) is 18.6 Å². The Labute approximate surface area is 165 Å². The van der Waals surface area contributed by atoms with Gasteiger partial charge in [-0.3, -0.25) is 0 Å². The van der Waals surface area contributed by atoms with Gasteiger partial charge in [-0.15, -0.1) is 11.3 Å². The Bertz CT molecular complexity index is 929. The normalized spacial score (nSPS) is 11.6. The van der Waals surface area contributed by atoms with Crippen LogP contribution in [0.25, 0.3) is 10.9 Å². The Balaban J connectivity index is 1.83. The van der Waals surface area contributed by atoms with Crippen LogP contribution < -0.4 is 15.5 Å². The molecule has 2 N–H and O–H groups in total. The zero-order valence-electron chi connectivity index (χ0n) is 16.4. The summed E-state index contributed by atoms with van der Waals surface area (Å²) in [4.78, 5) is 12.9. The van der Waals surface area contributed by atoms with E-state index in [0.717, 1.165) is 35.8 Å². The molecule has 0 atom stereocenters. The highest BCUT2D eigenvalue weighted by Crippen LogP contribution is 2.22. The third kappa shape index (κ3) is 4.77. The number of thiophene rings is 1. The van der Waals surface area contributed by atoms with E-state index in [9.17, 15) is 0 Å². The van der Waals surface area contributed by atoms with E-state index in [1.54, 1.807) is 11.3 Å². The number of nitrogens with one attached hydrogen (secondary N) is 2. The molecule has 0 radical (unpaired) electrons. The standard InChI is InChI=1S/C21H27N5S/c1-5-22-21(24-14-19-15(2)10-11-27-19)23-13-16-12-20(26(3)4)25-18-9-7-6-8-17(16)18/h6-12H,5,13-14H2,1-4H3,(H2,22,23,24). The molecule has 3 rings (SSSR count). The maximum atomic E-state index is 4.82. The zero-order valence-corrected chi connectivity index (χ0v) is 17.2. The lowest BCUT2D eigenvalue weighted by atomic mass is 10.1. The van der Waals surface area contributed by atoms with Crippen molar-refractivity contribution in [2.24, 2.45) is 4.99 Å². The number of anilines is 1. The van der Waals surface area contributed by atoms with Crippen LogP contribution in [0.3, 0.4) is 0 Å².